The molecule has 130 valence electrons. The minimum absolute atomic E-state index is 0.0131. The number of fused-ring (bicyclic) bond motifs is 1. The molecule has 2 unspecified atom stereocenters. The van der Waals surface area contributed by atoms with E-state index in [-0.39, 0.29) is 17.9 Å². The van der Waals surface area contributed by atoms with Gasteiger partial charge in [-0.05, 0) is 55.5 Å². The number of amides is 1. The van der Waals surface area contributed by atoms with Gasteiger partial charge in [-0.15, -0.1) is 0 Å². The molecule has 3 aliphatic heterocycles. The highest BCUT2D eigenvalue weighted by Crippen LogP contribution is 2.31. The van der Waals surface area contributed by atoms with Crippen molar-refractivity contribution in [2.24, 2.45) is 17.8 Å². The van der Waals surface area contributed by atoms with Crippen LogP contribution < -0.4 is 16.2 Å². The Balaban J connectivity index is 1.45. The third-order valence-electron chi connectivity index (χ3n) is 5.86. The second-order valence-electron chi connectivity index (χ2n) is 7.24. The summed E-state index contributed by atoms with van der Waals surface area (Å²) in [7, 11) is 0. The van der Waals surface area contributed by atoms with Gasteiger partial charge in [-0.3, -0.25) is 10.2 Å². The zero-order valence-corrected chi connectivity index (χ0v) is 14.6. The minimum atomic E-state index is -0.0535. The second-order valence-corrected chi connectivity index (χ2v) is 7.68. The number of halogens is 1. The van der Waals surface area contributed by atoms with Gasteiger partial charge >= 0.3 is 0 Å². The molecule has 24 heavy (non-hydrogen) atoms. The van der Waals surface area contributed by atoms with Crippen LogP contribution >= 0.6 is 11.6 Å². The van der Waals surface area contributed by atoms with Crippen molar-refractivity contribution in [1.29, 1.82) is 0 Å². The largest absolute Gasteiger partial charge is 0.342 e. The SMILES string of the molecule is O=C(C1CNNC1c1ccc(Cl)cc1)N1CC[C@@H]2CNC[C@@H]2CC1. The molecule has 3 heterocycles. The van der Waals surface area contributed by atoms with Gasteiger partial charge in [-0.25, -0.2) is 5.43 Å². The highest BCUT2D eigenvalue weighted by molar-refractivity contribution is 6.30. The van der Waals surface area contributed by atoms with E-state index in [1.54, 1.807) is 0 Å². The first kappa shape index (κ1) is 16.3. The van der Waals surface area contributed by atoms with E-state index in [0.717, 1.165) is 61.4 Å². The lowest BCUT2D eigenvalue weighted by Crippen LogP contribution is -2.40. The summed E-state index contributed by atoms with van der Waals surface area (Å²) in [4.78, 5) is 15.2. The Bertz CT molecular complexity index is 579. The number of nitrogens with one attached hydrogen (secondary N) is 3. The Hall–Kier alpha value is -1.14. The van der Waals surface area contributed by atoms with E-state index < -0.39 is 0 Å². The Morgan fingerprint density at radius 2 is 1.71 bits per heavy atom. The predicted octanol–water partition coefficient (Wildman–Crippen LogP) is 1.56. The number of hydrogen-bond donors (Lipinski definition) is 3. The number of carbonyl (C=O) groups is 1. The van der Waals surface area contributed by atoms with E-state index in [4.69, 9.17) is 11.6 Å². The molecule has 3 aliphatic rings. The number of hydrogen-bond acceptors (Lipinski definition) is 4. The summed E-state index contributed by atoms with van der Waals surface area (Å²) in [5.74, 6) is 1.71. The molecule has 1 aromatic carbocycles. The lowest BCUT2D eigenvalue weighted by Gasteiger charge is -2.27. The van der Waals surface area contributed by atoms with Crippen LogP contribution in [0.4, 0.5) is 0 Å². The van der Waals surface area contributed by atoms with E-state index in [2.05, 4.69) is 21.1 Å². The molecule has 1 aromatic rings. The molecule has 4 atom stereocenters. The lowest BCUT2D eigenvalue weighted by atomic mass is 9.92. The van der Waals surface area contributed by atoms with Crippen LogP contribution in [0.15, 0.2) is 24.3 Å². The van der Waals surface area contributed by atoms with E-state index in [0.29, 0.717) is 6.54 Å². The van der Waals surface area contributed by atoms with Crippen LogP contribution in [0.5, 0.6) is 0 Å². The van der Waals surface area contributed by atoms with Gasteiger partial charge in [-0.1, -0.05) is 23.7 Å². The normalized spacial score (nSPS) is 33.3. The van der Waals surface area contributed by atoms with Gasteiger partial charge in [0.05, 0.1) is 12.0 Å². The van der Waals surface area contributed by atoms with Crippen LogP contribution in [-0.4, -0.2) is 43.5 Å². The van der Waals surface area contributed by atoms with Gasteiger partial charge in [0.15, 0.2) is 0 Å². The monoisotopic (exact) mass is 348 g/mol. The zero-order chi connectivity index (χ0) is 16.5. The Kier molecular flexibility index (Phi) is 4.77. The molecule has 4 rings (SSSR count). The number of benzene rings is 1. The highest BCUT2D eigenvalue weighted by atomic mass is 35.5. The van der Waals surface area contributed by atoms with Crippen molar-refractivity contribution in [3.63, 3.8) is 0 Å². The van der Waals surface area contributed by atoms with Gasteiger partial charge in [0, 0.05) is 24.7 Å². The fourth-order valence-electron chi connectivity index (χ4n) is 4.39. The van der Waals surface area contributed by atoms with Crippen molar-refractivity contribution < 1.29 is 4.79 Å². The van der Waals surface area contributed by atoms with Gasteiger partial charge in [0.1, 0.15) is 0 Å². The summed E-state index contributed by atoms with van der Waals surface area (Å²) in [5.41, 5.74) is 7.55. The first-order valence-corrected chi connectivity index (χ1v) is 9.33. The fraction of sp³-hybridized carbons (Fsp3) is 0.611. The van der Waals surface area contributed by atoms with Crippen molar-refractivity contribution >= 4 is 17.5 Å². The van der Waals surface area contributed by atoms with Crippen molar-refractivity contribution in [2.45, 2.75) is 18.9 Å². The molecule has 3 saturated heterocycles. The van der Waals surface area contributed by atoms with Crippen molar-refractivity contribution in [2.75, 3.05) is 32.7 Å². The topological polar surface area (TPSA) is 56.4 Å². The maximum atomic E-state index is 13.1. The molecule has 0 aliphatic carbocycles. The van der Waals surface area contributed by atoms with Crippen LogP contribution in [0.25, 0.3) is 0 Å². The third-order valence-corrected chi connectivity index (χ3v) is 6.11. The first-order chi connectivity index (χ1) is 11.7. The van der Waals surface area contributed by atoms with E-state index in [1.807, 2.05) is 24.3 Å². The number of carbonyl (C=O) groups excluding carboxylic acids is 1. The van der Waals surface area contributed by atoms with Gasteiger partial charge in [0.25, 0.3) is 0 Å². The van der Waals surface area contributed by atoms with Crippen LogP contribution in [0, 0.1) is 17.8 Å². The van der Waals surface area contributed by atoms with E-state index in [9.17, 15) is 4.79 Å². The fourth-order valence-corrected chi connectivity index (χ4v) is 4.51. The van der Waals surface area contributed by atoms with Gasteiger partial charge < -0.3 is 10.2 Å². The van der Waals surface area contributed by atoms with Crippen molar-refractivity contribution in [3.05, 3.63) is 34.9 Å². The molecule has 0 spiro atoms. The Morgan fingerprint density at radius 3 is 2.38 bits per heavy atom. The van der Waals surface area contributed by atoms with Gasteiger partial charge in [-0.2, -0.15) is 0 Å². The molecule has 3 fully saturated rings. The summed E-state index contributed by atoms with van der Waals surface area (Å²) < 4.78 is 0. The number of nitrogens with zero attached hydrogens (tertiary/aromatic N) is 1. The smallest absolute Gasteiger partial charge is 0.229 e. The molecule has 5 nitrogen and oxygen atoms in total. The molecule has 0 bridgehead atoms. The molecule has 0 aromatic heterocycles. The summed E-state index contributed by atoms with van der Waals surface area (Å²) in [6.07, 6.45) is 2.26. The summed E-state index contributed by atoms with van der Waals surface area (Å²) in [6.45, 7) is 4.70. The number of likely N-dealkylation sites (tertiary alicyclic amines) is 1. The predicted molar refractivity (Wildman–Crippen MR) is 94.5 cm³/mol. The zero-order valence-electron chi connectivity index (χ0n) is 13.8. The molecule has 6 heteroatoms. The number of rotatable bonds is 2. The van der Waals surface area contributed by atoms with Gasteiger partial charge in [0.2, 0.25) is 5.91 Å². The lowest BCUT2D eigenvalue weighted by molar-refractivity contribution is -0.135. The van der Waals surface area contributed by atoms with Crippen LogP contribution in [0.2, 0.25) is 5.02 Å². The summed E-state index contributed by atoms with van der Waals surface area (Å²) in [6, 6.07) is 7.80. The molecule has 0 saturated carbocycles. The average Bonchev–Trinajstić information content (AvgIpc) is 3.21. The maximum absolute atomic E-state index is 13.1. The Labute approximate surface area is 148 Å². The molecule has 1 amide bonds. The molecule has 0 radical (unpaired) electrons. The van der Waals surface area contributed by atoms with Crippen LogP contribution in [-0.2, 0) is 4.79 Å². The Morgan fingerprint density at radius 1 is 1.04 bits per heavy atom. The molecular formula is C18H25ClN4O. The highest BCUT2D eigenvalue weighted by Gasteiger charge is 2.38. The summed E-state index contributed by atoms with van der Waals surface area (Å²) in [5, 5.41) is 4.21. The second kappa shape index (κ2) is 7.00. The minimum Gasteiger partial charge on any atom is -0.342 e. The van der Waals surface area contributed by atoms with Crippen molar-refractivity contribution in [3.8, 4) is 0 Å². The standard InChI is InChI=1S/C18H25ClN4O/c19-15-3-1-12(2-4-15)17-16(11-21-22-17)18(24)23-7-5-13-9-20-10-14(13)6-8-23/h1-4,13-14,16-17,20-22H,5-11H2/t13-,14+,16?,17?. The van der Waals surface area contributed by atoms with Crippen molar-refractivity contribution in [1.82, 2.24) is 21.1 Å². The van der Waals surface area contributed by atoms with Crippen LogP contribution in [0.3, 0.4) is 0 Å². The summed E-state index contributed by atoms with van der Waals surface area (Å²) >= 11 is 5.99. The average molecular weight is 349 g/mol. The van der Waals surface area contributed by atoms with Crippen LogP contribution in [0.1, 0.15) is 24.4 Å². The van der Waals surface area contributed by atoms with E-state index in [1.165, 1.54) is 0 Å². The third kappa shape index (κ3) is 3.18. The quantitative estimate of drug-likeness (QED) is 0.759. The molecular weight excluding hydrogens is 324 g/mol. The van der Waals surface area contributed by atoms with E-state index >= 15 is 0 Å². The number of hydrazine groups is 1. The maximum Gasteiger partial charge on any atom is 0.229 e. The molecule has 3 N–H and O–H groups in total. The first-order valence-electron chi connectivity index (χ1n) is 8.96.